The van der Waals surface area contributed by atoms with Gasteiger partial charge in [-0.2, -0.15) is 0 Å². The van der Waals surface area contributed by atoms with Gasteiger partial charge in [0.05, 0.1) is 6.54 Å². The fraction of sp³-hybridized carbons (Fsp3) is 0.533. The Hall–Kier alpha value is -1.58. The van der Waals surface area contributed by atoms with Crippen molar-refractivity contribution >= 4 is 5.96 Å². The van der Waals surface area contributed by atoms with E-state index in [1.807, 2.05) is 13.0 Å². The van der Waals surface area contributed by atoms with E-state index >= 15 is 0 Å². The van der Waals surface area contributed by atoms with Crippen LogP contribution in [0.1, 0.15) is 31.7 Å². The molecule has 0 radical (unpaired) electrons. The molecule has 0 saturated heterocycles. The molecule has 1 aliphatic rings. The Morgan fingerprint density at radius 1 is 1.32 bits per heavy atom. The Labute approximate surface area is 114 Å². The van der Waals surface area contributed by atoms with Crippen molar-refractivity contribution in [1.82, 2.24) is 10.6 Å². The van der Waals surface area contributed by atoms with Gasteiger partial charge in [0.2, 0.25) is 0 Å². The van der Waals surface area contributed by atoms with Crippen LogP contribution in [-0.2, 0) is 6.54 Å². The highest BCUT2D eigenvalue weighted by Crippen LogP contribution is 2.31. The summed E-state index contributed by atoms with van der Waals surface area (Å²) in [5, 5.41) is 6.48. The molecule has 0 spiro atoms. The number of nitrogens with zero attached hydrogens (tertiary/aromatic N) is 1. The number of rotatable bonds is 6. The minimum absolute atomic E-state index is 0.194. The van der Waals surface area contributed by atoms with Crippen molar-refractivity contribution in [3.05, 3.63) is 35.6 Å². The molecule has 4 heteroatoms. The van der Waals surface area contributed by atoms with Gasteiger partial charge in [0.1, 0.15) is 5.82 Å². The van der Waals surface area contributed by atoms with Crippen LogP contribution in [0.3, 0.4) is 0 Å². The number of benzene rings is 1. The zero-order valence-corrected chi connectivity index (χ0v) is 11.5. The van der Waals surface area contributed by atoms with Crippen LogP contribution in [0.5, 0.6) is 0 Å². The molecule has 0 aliphatic heterocycles. The second kappa shape index (κ2) is 7.12. The lowest BCUT2D eigenvalue weighted by Crippen LogP contribution is -2.37. The predicted molar refractivity (Wildman–Crippen MR) is 76.6 cm³/mol. The Kier molecular flexibility index (Phi) is 5.19. The molecule has 0 atom stereocenters. The van der Waals surface area contributed by atoms with Gasteiger partial charge in [-0.1, -0.05) is 31.0 Å². The number of halogens is 1. The Morgan fingerprint density at radius 2 is 2.11 bits per heavy atom. The number of guanidine groups is 1. The molecule has 0 bridgehead atoms. The van der Waals surface area contributed by atoms with Crippen molar-refractivity contribution in [3.63, 3.8) is 0 Å². The Bertz CT molecular complexity index is 427. The third-order valence-corrected chi connectivity index (χ3v) is 3.25. The normalized spacial score (nSPS) is 15.4. The first-order valence-electron chi connectivity index (χ1n) is 7.05. The first-order chi connectivity index (χ1) is 9.29. The molecule has 1 aliphatic carbocycles. The lowest BCUT2D eigenvalue weighted by atomic mass is 10.2. The van der Waals surface area contributed by atoms with Gasteiger partial charge < -0.3 is 10.6 Å². The molecular weight excluding hydrogens is 241 g/mol. The lowest BCUT2D eigenvalue weighted by molar-refractivity contribution is 0.610. The maximum atomic E-state index is 13.5. The van der Waals surface area contributed by atoms with E-state index in [1.165, 1.54) is 25.3 Å². The molecule has 104 valence electrons. The molecule has 19 heavy (non-hydrogen) atoms. The van der Waals surface area contributed by atoms with Crippen molar-refractivity contribution in [2.24, 2.45) is 10.9 Å². The van der Waals surface area contributed by atoms with E-state index in [0.29, 0.717) is 12.1 Å². The molecule has 0 aromatic heterocycles. The molecule has 1 aromatic carbocycles. The summed E-state index contributed by atoms with van der Waals surface area (Å²) >= 11 is 0. The fourth-order valence-corrected chi connectivity index (χ4v) is 1.93. The highest BCUT2D eigenvalue weighted by Gasteiger charge is 2.20. The summed E-state index contributed by atoms with van der Waals surface area (Å²) in [4.78, 5) is 4.42. The van der Waals surface area contributed by atoms with Gasteiger partial charge in [-0.3, -0.25) is 0 Å². The van der Waals surface area contributed by atoms with Crippen molar-refractivity contribution in [2.75, 3.05) is 13.1 Å². The molecule has 1 fully saturated rings. The summed E-state index contributed by atoms with van der Waals surface area (Å²) in [5.41, 5.74) is 0.627. The van der Waals surface area contributed by atoms with Gasteiger partial charge in [0.15, 0.2) is 5.96 Å². The van der Waals surface area contributed by atoms with E-state index < -0.39 is 0 Å². The number of aliphatic imine (C=N–C) groups is 1. The largest absolute Gasteiger partial charge is 0.357 e. The molecule has 0 heterocycles. The Balaban J connectivity index is 1.85. The molecule has 0 amide bonds. The van der Waals surface area contributed by atoms with E-state index in [-0.39, 0.29) is 5.82 Å². The molecular formula is C15H22FN3. The average Bonchev–Trinajstić information content (AvgIpc) is 3.22. The first-order valence-corrected chi connectivity index (χ1v) is 7.05. The van der Waals surface area contributed by atoms with Crippen molar-refractivity contribution in [2.45, 2.75) is 32.7 Å². The SMILES string of the molecule is CCNC(=NCc1ccccc1F)NCCC1CC1. The van der Waals surface area contributed by atoms with Gasteiger partial charge in [-0.25, -0.2) is 9.38 Å². The van der Waals surface area contributed by atoms with E-state index in [0.717, 1.165) is 25.0 Å². The Morgan fingerprint density at radius 3 is 2.79 bits per heavy atom. The van der Waals surface area contributed by atoms with E-state index in [1.54, 1.807) is 12.1 Å². The van der Waals surface area contributed by atoms with Gasteiger partial charge in [0.25, 0.3) is 0 Å². The molecule has 3 nitrogen and oxygen atoms in total. The summed E-state index contributed by atoms with van der Waals surface area (Å²) in [7, 11) is 0. The fourth-order valence-electron chi connectivity index (χ4n) is 1.93. The van der Waals surface area contributed by atoms with Gasteiger partial charge >= 0.3 is 0 Å². The molecule has 0 unspecified atom stereocenters. The summed E-state index contributed by atoms with van der Waals surface area (Å²) in [6, 6.07) is 6.77. The van der Waals surface area contributed by atoms with Crippen LogP contribution in [0.15, 0.2) is 29.3 Å². The highest BCUT2D eigenvalue weighted by atomic mass is 19.1. The molecule has 2 N–H and O–H groups in total. The minimum Gasteiger partial charge on any atom is -0.357 e. The van der Waals surface area contributed by atoms with E-state index in [9.17, 15) is 4.39 Å². The first kappa shape index (κ1) is 13.8. The minimum atomic E-state index is -0.194. The van der Waals surface area contributed by atoms with Crippen LogP contribution in [0.4, 0.5) is 4.39 Å². The highest BCUT2D eigenvalue weighted by molar-refractivity contribution is 5.79. The monoisotopic (exact) mass is 263 g/mol. The standard InChI is InChI=1S/C15H22FN3/c1-2-17-15(18-10-9-12-7-8-12)19-11-13-5-3-4-6-14(13)16/h3-6,12H,2,7-11H2,1H3,(H2,17,18,19). The van der Waals surface area contributed by atoms with Crippen LogP contribution in [-0.4, -0.2) is 19.0 Å². The van der Waals surface area contributed by atoms with Crippen molar-refractivity contribution < 1.29 is 4.39 Å². The number of nitrogens with one attached hydrogen (secondary N) is 2. The summed E-state index contributed by atoms with van der Waals surface area (Å²) in [6.45, 7) is 4.15. The second-order valence-corrected chi connectivity index (χ2v) is 4.95. The van der Waals surface area contributed by atoms with Gasteiger partial charge in [-0.15, -0.1) is 0 Å². The van der Waals surface area contributed by atoms with Crippen LogP contribution in [0.25, 0.3) is 0 Å². The molecule has 1 saturated carbocycles. The quantitative estimate of drug-likeness (QED) is 0.611. The molecule has 2 rings (SSSR count). The maximum absolute atomic E-state index is 13.5. The van der Waals surface area contributed by atoms with Gasteiger partial charge in [-0.05, 0) is 25.3 Å². The summed E-state index contributed by atoms with van der Waals surface area (Å²) in [6.07, 6.45) is 3.93. The topological polar surface area (TPSA) is 36.4 Å². The lowest BCUT2D eigenvalue weighted by Gasteiger charge is -2.11. The third-order valence-electron chi connectivity index (χ3n) is 3.25. The second-order valence-electron chi connectivity index (χ2n) is 4.95. The molecule has 1 aromatic rings. The van der Waals surface area contributed by atoms with Crippen LogP contribution in [0.2, 0.25) is 0 Å². The summed E-state index contributed by atoms with van der Waals surface area (Å²) < 4.78 is 13.5. The van der Waals surface area contributed by atoms with E-state index in [4.69, 9.17) is 0 Å². The zero-order valence-electron chi connectivity index (χ0n) is 11.5. The van der Waals surface area contributed by atoms with E-state index in [2.05, 4.69) is 15.6 Å². The van der Waals surface area contributed by atoms with Crippen LogP contribution >= 0.6 is 0 Å². The van der Waals surface area contributed by atoms with Crippen molar-refractivity contribution in [1.29, 1.82) is 0 Å². The van der Waals surface area contributed by atoms with Crippen molar-refractivity contribution in [3.8, 4) is 0 Å². The smallest absolute Gasteiger partial charge is 0.191 e. The van der Waals surface area contributed by atoms with Crippen LogP contribution < -0.4 is 10.6 Å². The number of hydrogen-bond acceptors (Lipinski definition) is 1. The van der Waals surface area contributed by atoms with Gasteiger partial charge in [0, 0.05) is 18.7 Å². The number of hydrogen-bond donors (Lipinski definition) is 2. The predicted octanol–water partition coefficient (Wildman–Crippen LogP) is 2.68. The van der Waals surface area contributed by atoms with Crippen LogP contribution in [0, 0.1) is 11.7 Å². The summed E-state index contributed by atoms with van der Waals surface area (Å²) in [5.74, 6) is 1.48. The maximum Gasteiger partial charge on any atom is 0.191 e. The zero-order chi connectivity index (χ0) is 13.5. The third kappa shape index (κ3) is 4.89. The average molecular weight is 263 g/mol.